The topological polar surface area (TPSA) is 17.1 Å². The second kappa shape index (κ2) is 5.21. The third-order valence-electron chi connectivity index (χ3n) is 3.00. The number of hydrogen-bond donors (Lipinski definition) is 0. The first-order valence-corrected chi connectivity index (χ1v) is 7.01. The van der Waals surface area contributed by atoms with Crippen LogP contribution >= 0.6 is 11.3 Å². The number of thiophene rings is 1. The highest BCUT2D eigenvalue weighted by atomic mass is 32.1. The van der Waals surface area contributed by atoms with Crippen molar-refractivity contribution in [1.82, 2.24) is 0 Å². The van der Waals surface area contributed by atoms with Crippen molar-refractivity contribution in [1.29, 1.82) is 0 Å². The molecule has 0 aliphatic rings. The molecule has 3 rings (SSSR count). The van der Waals surface area contributed by atoms with E-state index in [9.17, 15) is 4.79 Å². The van der Waals surface area contributed by atoms with Crippen LogP contribution in [0.2, 0.25) is 0 Å². The molecule has 1 nitrogen and oxygen atoms in total. The maximum Gasteiger partial charge on any atom is 0.185 e. The van der Waals surface area contributed by atoms with E-state index in [0.29, 0.717) is 0 Å². The summed E-state index contributed by atoms with van der Waals surface area (Å²) in [7, 11) is 0. The summed E-state index contributed by atoms with van der Waals surface area (Å²) in [6, 6.07) is 15.9. The van der Waals surface area contributed by atoms with E-state index >= 15 is 0 Å². The van der Waals surface area contributed by atoms with Gasteiger partial charge in [-0.25, -0.2) is 0 Å². The van der Waals surface area contributed by atoms with Crippen LogP contribution < -0.4 is 0 Å². The van der Waals surface area contributed by atoms with Crippen molar-refractivity contribution in [3.05, 3.63) is 76.5 Å². The Kier molecular flexibility index (Phi) is 3.25. The zero-order valence-electron chi connectivity index (χ0n) is 10.2. The Labute approximate surface area is 115 Å². The Bertz CT molecular complexity index is 739. The van der Waals surface area contributed by atoms with Crippen molar-refractivity contribution >= 4 is 34.0 Å². The molecular weight excluding hydrogens is 252 g/mol. The molecule has 0 saturated carbocycles. The smallest absolute Gasteiger partial charge is 0.185 e. The van der Waals surface area contributed by atoms with Gasteiger partial charge in [0.25, 0.3) is 0 Å². The van der Waals surface area contributed by atoms with E-state index in [4.69, 9.17) is 0 Å². The maximum atomic E-state index is 12.1. The van der Waals surface area contributed by atoms with Crippen molar-refractivity contribution in [3.8, 4) is 0 Å². The van der Waals surface area contributed by atoms with Gasteiger partial charge in [0.2, 0.25) is 0 Å². The van der Waals surface area contributed by atoms with Crippen molar-refractivity contribution in [2.45, 2.75) is 0 Å². The van der Waals surface area contributed by atoms with E-state index in [2.05, 4.69) is 0 Å². The van der Waals surface area contributed by atoms with Gasteiger partial charge in [-0.2, -0.15) is 11.3 Å². The van der Waals surface area contributed by atoms with E-state index in [1.807, 2.05) is 65.4 Å². The highest BCUT2D eigenvalue weighted by Gasteiger charge is 2.02. The van der Waals surface area contributed by atoms with Crippen LogP contribution in [0.25, 0.3) is 16.8 Å². The Balaban J connectivity index is 1.89. The number of rotatable bonds is 3. The highest BCUT2D eigenvalue weighted by molar-refractivity contribution is 7.08. The zero-order valence-corrected chi connectivity index (χ0v) is 11.1. The van der Waals surface area contributed by atoms with E-state index in [1.165, 1.54) is 0 Å². The predicted octanol–water partition coefficient (Wildman–Crippen LogP) is 4.80. The molecule has 0 unspecified atom stereocenters. The van der Waals surface area contributed by atoms with Gasteiger partial charge in [-0.1, -0.05) is 42.5 Å². The van der Waals surface area contributed by atoms with Gasteiger partial charge in [-0.15, -0.1) is 0 Å². The lowest BCUT2D eigenvalue weighted by Crippen LogP contribution is -1.93. The summed E-state index contributed by atoms with van der Waals surface area (Å²) < 4.78 is 0. The van der Waals surface area contributed by atoms with Crippen molar-refractivity contribution in [3.63, 3.8) is 0 Å². The number of allylic oxidation sites excluding steroid dienone is 1. The minimum absolute atomic E-state index is 0.0388. The van der Waals surface area contributed by atoms with Gasteiger partial charge in [-0.05, 0) is 45.3 Å². The molecule has 19 heavy (non-hydrogen) atoms. The van der Waals surface area contributed by atoms with Crippen molar-refractivity contribution in [2.24, 2.45) is 0 Å². The van der Waals surface area contributed by atoms with E-state index < -0.39 is 0 Å². The molecule has 0 aliphatic heterocycles. The van der Waals surface area contributed by atoms with Crippen molar-refractivity contribution < 1.29 is 4.79 Å². The first-order chi connectivity index (χ1) is 9.33. The summed E-state index contributed by atoms with van der Waals surface area (Å²) in [5.41, 5.74) is 1.80. The fourth-order valence-corrected chi connectivity index (χ4v) is 2.61. The van der Waals surface area contributed by atoms with Crippen LogP contribution in [-0.4, -0.2) is 5.78 Å². The van der Waals surface area contributed by atoms with Crippen LogP contribution in [0, 0.1) is 0 Å². The minimum Gasteiger partial charge on any atom is -0.289 e. The fraction of sp³-hybridized carbons (Fsp3) is 0. The maximum absolute atomic E-state index is 12.1. The van der Waals surface area contributed by atoms with Crippen molar-refractivity contribution in [2.75, 3.05) is 0 Å². The van der Waals surface area contributed by atoms with E-state index in [-0.39, 0.29) is 5.78 Å². The molecule has 1 heterocycles. The Morgan fingerprint density at radius 2 is 1.84 bits per heavy atom. The summed E-state index contributed by atoms with van der Waals surface area (Å²) in [6.07, 6.45) is 3.49. The number of fused-ring (bicyclic) bond motifs is 1. The second-order valence-electron chi connectivity index (χ2n) is 4.32. The molecule has 0 N–H and O–H groups in total. The molecule has 0 radical (unpaired) electrons. The van der Waals surface area contributed by atoms with Gasteiger partial charge >= 0.3 is 0 Å². The molecule has 0 bridgehead atoms. The van der Waals surface area contributed by atoms with Gasteiger partial charge in [0, 0.05) is 5.56 Å². The van der Waals surface area contributed by atoms with Crippen LogP contribution in [0.5, 0.6) is 0 Å². The minimum atomic E-state index is 0.0388. The highest BCUT2D eigenvalue weighted by Crippen LogP contribution is 2.16. The van der Waals surface area contributed by atoms with Crippen LogP contribution in [0.4, 0.5) is 0 Å². The molecule has 1 aromatic heterocycles. The summed E-state index contributed by atoms with van der Waals surface area (Å²) in [5.74, 6) is 0.0388. The third kappa shape index (κ3) is 2.64. The Morgan fingerprint density at radius 1 is 1.00 bits per heavy atom. The molecule has 0 spiro atoms. The number of hydrogen-bond acceptors (Lipinski definition) is 2. The fourth-order valence-electron chi connectivity index (χ4n) is 1.98. The van der Waals surface area contributed by atoms with Gasteiger partial charge < -0.3 is 0 Å². The SMILES string of the molecule is O=C(/C=C\c1ccsc1)c1ccc2ccccc2c1. The van der Waals surface area contributed by atoms with Gasteiger partial charge in [-0.3, -0.25) is 4.79 Å². The normalized spacial score (nSPS) is 11.2. The van der Waals surface area contributed by atoms with Crippen LogP contribution in [0.3, 0.4) is 0 Å². The molecule has 0 fully saturated rings. The largest absolute Gasteiger partial charge is 0.289 e. The standard InChI is InChI=1S/C17H12OS/c18-17(8-5-13-9-10-19-12-13)16-7-6-14-3-1-2-4-15(14)11-16/h1-12H/b8-5-. The molecule has 92 valence electrons. The molecule has 3 aromatic rings. The van der Waals surface area contributed by atoms with Gasteiger partial charge in [0.15, 0.2) is 5.78 Å². The van der Waals surface area contributed by atoms with E-state index in [1.54, 1.807) is 17.4 Å². The molecular formula is C17H12OS. The molecule has 2 heteroatoms. The van der Waals surface area contributed by atoms with E-state index in [0.717, 1.165) is 21.9 Å². The molecule has 0 atom stereocenters. The lowest BCUT2D eigenvalue weighted by atomic mass is 10.0. The quantitative estimate of drug-likeness (QED) is 0.490. The average molecular weight is 264 g/mol. The second-order valence-corrected chi connectivity index (χ2v) is 5.10. The molecule has 0 aliphatic carbocycles. The number of ketones is 1. The number of benzene rings is 2. The lowest BCUT2D eigenvalue weighted by molar-refractivity contribution is 0.104. The Hall–Kier alpha value is -2.19. The summed E-state index contributed by atoms with van der Waals surface area (Å²) in [5, 5.41) is 6.27. The molecule has 0 saturated heterocycles. The third-order valence-corrected chi connectivity index (χ3v) is 3.71. The lowest BCUT2D eigenvalue weighted by Gasteiger charge is -2.00. The number of carbonyl (C=O) groups excluding carboxylic acids is 1. The summed E-state index contributed by atoms with van der Waals surface area (Å²) in [4.78, 5) is 12.1. The van der Waals surface area contributed by atoms with Crippen LogP contribution in [0.1, 0.15) is 15.9 Å². The van der Waals surface area contributed by atoms with Crippen LogP contribution in [-0.2, 0) is 0 Å². The first kappa shape index (κ1) is 11.9. The molecule has 2 aromatic carbocycles. The monoisotopic (exact) mass is 264 g/mol. The summed E-state index contributed by atoms with van der Waals surface area (Å²) in [6.45, 7) is 0. The van der Waals surface area contributed by atoms with Crippen LogP contribution in [0.15, 0.2) is 65.4 Å². The molecule has 0 amide bonds. The summed E-state index contributed by atoms with van der Waals surface area (Å²) >= 11 is 1.63. The predicted molar refractivity (Wildman–Crippen MR) is 81.6 cm³/mol. The Morgan fingerprint density at radius 3 is 2.63 bits per heavy atom. The zero-order chi connectivity index (χ0) is 13.1. The first-order valence-electron chi connectivity index (χ1n) is 6.06. The average Bonchev–Trinajstić information content (AvgIpc) is 2.97. The van der Waals surface area contributed by atoms with Gasteiger partial charge in [0.1, 0.15) is 0 Å². The van der Waals surface area contributed by atoms with Gasteiger partial charge in [0.05, 0.1) is 0 Å². The number of carbonyl (C=O) groups is 1.